The summed E-state index contributed by atoms with van der Waals surface area (Å²) in [5, 5.41) is 3.17. The van der Waals surface area contributed by atoms with Crippen molar-refractivity contribution in [1.82, 2.24) is 5.32 Å². The topological polar surface area (TPSA) is 59.9 Å². The number of carbonyl (C=O) groups excluding carboxylic acids is 1. The minimum absolute atomic E-state index is 0.0473. The molecule has 0 spiro atoms. The molecular weight excluding hydrogens is 471 g/mol. The molecule has 3 rings (SSSR count). The SMILES string of the molecule is CCOc1cc(/C=C2\SC(=Nc3ccc(F)cc3)NC2=O)cc(Br)c1O[C@@H](C)CC. The molecule has 1 fully saturated rings. The summed E-state index contributed by atoms with van der Waals surface area (Å²) in [5.74, 6) is 0.687. The molecule has 30 heavy (non-hydrogen) atoms. The zero-order chi connectivity index (χ0) is 21.7. The van der Waals surface area contributed by atoms with Gasteiger partial charge in [0.2, 0.25) is 0 Å². The van der Waals surface area contributed by atoms with Gasteiger partial charge in [0, 0.05) is 0 Å². The molecule has 0 aliphatic carbocycles. The van der Waals surface area contributed by atoms with E-state index >= 15 is 0 Å². The molecule has 1 atom stereocenters. The lowest BCUT2D eigenvalue weighted by atomic mass is 10.1. The first kappa shape index (κ1) is 22.4. The number of amidine groups is 1. The van der Waals surface area contributed by atoms with E-state index in [1.165, 1.54) is 23.9 Å². The zero-order valence-electron chi connectivity index (χ0n) is 16.9. The minimum atomic E-state index is -0.334. The van der Waals surface area contributed by atoms with E-state index < -0.39 is 0 Å². The van der Waals surface area contributed by atoms with Crippen LogP contribution in [-0.4, -0.2) is 23.8 Å². The largest absolute Gasteiger partial charge is 0.490 e. The fraction of sp³-hybridized carbons (Fsp3) is 0.273. The van der Waals surface area contributed by atoms with E-state index in [9.17, 15) is 9.18 Å². The number of nitrogens with zero attached hydrogens (tertiary/aromatic N) is 1. The summed E-state index contributed by atoms with van der Waals surface area (Å²) in [7, 11) is 0. The third kappa shape index (κ3) is 5.64. The van der Waals surface area contributed by atoms with Crippen LogP contribution in [0.3, 0.4) is 0 Å². The van der Waals surface area contributed by atoms with Crippen molar-refractivity contribution in [2.75, 3.05) is 6.61 Å². The standard InChI is InChI=1S/C22H22BrFN2O3S/c1-4-13(3)29-20-17(23)10-14(11-18(20)28-5-2)12-19-21(27)26-22(30-19)25-16-8-6-15(24)7-9-16/h6-13H,4-5H2,1-3H3,(H,25,26,27)/b19-12-/t13-/m0/s1. The molecule has 0 radical (unpaired) electrons. The van der Waals surface area contributed by atoms with Gasteiger partial charge in [-0.1, -0.05) is 6.92 Å². The van der Waals surface area contributed by atoms with Crippen LogP contribution in [0.1, 0.15) is 32.8 Å². The summed E-state index contributed by atoms with van der Waals surface area (Å²) in [6.45, 7) is 6.45. The quantitative estimate of drug-likeness (QED) is 0.477. The number of hydrogen-bond donors (Lipinski definition) is 1. The molecule has 2 aromatic carbocycles. The summed E-state index contributed by atoms with van der Waals surface area (Å²) in [5.41, 5.74) is 1.36. The molecule has 5 nitrogen and oxygen atoms in total. The van der Waals surface area contributed by atoms with E-state index in [-0.39, 0.29) is 17.8 Å². The molecule has 158 valence electrons. The van der Waals surface area contributed by atoms with E-state index in [0.717, 1.165) is 16.5 Å². The second kappa shape index (κ2) is 10.1. The predicted octanol–water partition coefficient (Wildman–Crippen LogP) is 6.06. The maximum Gasteiger partial charge on any atom is 0.264 e. The van der Waals surface area contributed by atoms with Crippen LogP contribution >= 0.6 is 27.7 Å². The highest BCUT2D eigenvalue weighted by Gasteiger charge is 2.24. The minimum Gasteiger partial charge on any atom is -0.490 e. The molecule has 1 amide bonds. The summed E-state index contributed by atoms with van der Waals surface area (Å²) >= 11 is 4.78. The fourth-order valence-corrected chi connectivity index (χ4v) is 3.99. The molecule has 0 unspecified atom stereocenters. The maximum absolute atomic E-state index is 13.0. The van der Waals surface area contributed by atoms with E-state index in [4.69, 9.17) is 9.47 Å². The Hall–Kier alpha value is -2.32. The van der Waals surface area contributed by atoms with E-state index in [0.29, 0.717) is 33.9 Å². The Bertz CT molecular complexity index is 993. The Balaban J connectivity index is 1.86. The Morgan fingerprint density at radius 2 is 2.00 bits per heavy atom. The van der Waals surface area contributed by atoms with Gasteiger partial charge in [0.05, 0.1) is 27.8 Å². The van der Waals surface area contributed by atoms with Gasteiger partial charge in [-0.25, -0.2) is 9.38 Å². The van der Waals surface area contributed by atoms with Crippen molar-refractivity contribution in [2.24, 2.45) is 4.99 Å². The van der Waals surface area contributed by atoms with Crippen molar-refractivity contribution in [1.29, 1.82) is 0 Å². The van der Waals surface area contributed by atoms with Gasteiger partial charge < -0.3 is 14.8 Å². The average Bonchev–Trinajstić information content (AvgIpc) is 3.05. The number of halogens is 2. The normalized spacial score (nSPS) is 17.3. The molecular formula is C22H22BrFN2O3S. The van der Waals surface area contributed by atoms with Crippen LogP contribution in [-0.2, 0) is 4.79 Å². The number of ether oxygens (including phenoxy) is 2. The van der Waals surface area contributed by atoms with Gasteiger partial charge >= 0.3 is 0 Å². The Kier molecular flexibility index (Phi) is 7.55. The number of benzene rings is 2. The smallest absolute Gasteiger partial charge is 0.264 e. The van der Waals surface area contributed by atoms with Crippen molar-refractivity contribution in [3.05, 3.63) is 57.2 Å². The lowest BCUT2D eigenvalue weighted by Gasteiger charge is -2.18. The van der Waals surface area contributed by atoms with Crippen molar-refractivity contribution < 1.29 is 18.7 Å². The summed E-state index contributed by atoms with van der Waals surface area (Å²) < 4.78 is 25.6. The number of thioether (sulfide) groups is 1. The Labute approximate surface area is 187 Å². The van der Waals surface area contributed by atoms with Crippen molar-refractivity contribution in [3.8, 4) is 11.5 Å². The number of rotatable bonds is 7. The predicted molar refractivity (Wildman–Crippen MR) is 123 cm³/mol. The van der Waals surface area contributed by atoms with Crippen LogP contribution < -0.4 is 14.8 Å². The highest BCUT2D eigenvalue weighted by atomic mass is 79.9. The molecule has 2 aromatic rings. The fourth-order valence-electron chi connectivity index (χ4n) is 2.60. The van der Waals surface area contributed by atoms with Crippen molar-refractivity contribution >= 4 is 50.5 Å². The highest BCUT2D eigenvalue weighted by molar-refractivity contribution is 9.10. The number of aliphatic imine (C=N–C) groups is 1. The third-order valence-corrected chi connectivity index (χ3v) is 5.73. The molecule has 1 saturated heterocycles. The number of nitrogens with one attached hydrogen (secondary N) is 1. The van der Waals surface area contributed by atoms with Crippen LogP contribution in [0.4, 0.5) is 10.1 Å². The lowest BCUT2D eigenvalue weighted by Crippen LogP contribution is -2.19. The van der Waals surface area contributed by atoms with E-state index in [1.807, 2.05) is 26.0 Å². The molecule has 0 bridgehead atoms. The van der Waals surface area contributed by atoms with E-state index in [2.05, 4.69) is 33.2 Å². The van der Waals surface area contributed by atoms with Gasteiger partial charge in [-0.2, -0.15) is 0 Å². The summed E-state index contributed by atoms with van der Waals surface area (Å²) in [6.07, 6.45) is 2.69. The van der Waals surface area contributed by atoms with Gasteiger partial charge in [0.15, 0.2) is 16.7 Å². The number of carbonyl (C=O) groups is 1. The molecule has 8 heteroatoms. The van der Waals surface area contributed by atoms with Crippen LogP contribution in [0, 0.1) is 5.82 Å². The first-order valence-electron chi connectivity index (χ1n) is 9.57. The summed E-state index contributed by atoms with van der Waals surface area (Å²) in [4.78, 5) is 17.2. The number of hydrogen-bond acceptors (Lipinski definition) is 5. The highest BCUT2D eigenvalue weighted by Crippen LogP contribution is 2.39. The first-order valence-corrected chi connectivity index (χ1v) is 11.2. The number of amides is 1. The molecule has 1 heterocycles. The molecule has 1 aliphatic rings. The van der Waals surface area contributed by atoms with Crippen molar-refractivity contribution in [2.45, 2.75) is 33.3 Å². The molecule has 1 aliphatic heterocycles. The molecule has 0 aromatic heterocycles. The molecule has 1 N–H and O–H groups in total. The first-order chi connectivity index (χ1) is 14.4. The van der Waals surface area contributed by atoms with Gasteiger partial charge in [-0.15, -0.1) is 0 Å². The monoisotopic (exact) mass is 492 g/mol. The van der Waals surface area contributed by atoms with Crippen molar-refractivity contribution in [3.63, 3.8) is 0 Å². The summed E-state index contributed by atoms with van der Waals surface area (Å²) in [6, 6.07) is 9.50. The van der Waals surface area contributed by atoms with Crippen LogP contribution in [0.25, 0.3) is 6.08 Å². The van der Waals surface area contributed by atoms with E-state index in [1.54, 1.807) is 18.2 Å². The van der Waals surface area contributed by atoms with Gasteiger partial charge in [-0.05, 0) is 96.0 Å². The van der Waals surface area contributed by atoms with Crippen LogP contribution in [0.5, 0.6) is 11.5 Å². The zero-order valence-corrected chi connectivity index (χ0v) is 19.3. The second-order valence-electron chi connectivity index (χ2n) is 6.56. The second-order valence-corrected chi connectivity index (χ2v) is 8.44. The van der Waals surface area contributed by atoms with Gasteiger partial charge in [0.25, 0.3) is 5.91 Å². The van der Waals surface area contributed by atoms with Crippen LogP contribution in [0.15, 0.2) is 50.8 Å². The average molecular weight is 493 g/mol. The van der Waals surface area contributed by atoms with Crippen LogP contribution in [0.2, 0.25) is 0 Å². The maximum atomic E-state index is 13.0. The van der Waals surface area contributed by atoms with Gasteiger partial charge in [-0.3, -0.25) is 4.79 Å². The van der Waals surface area contributed by atoms with Gasteiger partial charge in [0.1, 0.15) is 5.82 Å². The third-order valence-electron chi connectivity index (χ3n) is 4.23. The Morgan fingerprint density at radius 3 is 2.67 bits per heavy atom. The molecule has 0 saturated carbocycles. The Morgan fingerprint density at radius 1 is 1.27 bits per heavy atom. The lowest BCUT2D eigenvalue weighted by molar-refractivity contribution is -0.115.